The number of nitrogens with zero attached hydrogens (tertiary/aromatic N) is 4. The minimum absolute atomic E-state index is 0.00608. The molecule has 1 aromatic heterocycles. The van der Waals surface area contributed by atoms with Gasteiger partial charge in [-0.15, -0.1) is 0 Å². The largest absolute Gasteiger partial charge is 0.360 e. The predicted octanol–water partition coefficient (Wildman–Crippen LogP) is 1.96. The van der Waals surface area contributed by atoms with Crippen molar-refractivity contribution in [2.24, 2.45) is 0 Å². The van der Waals surface area contributed by atoms with Gasteiger partial charge in [-0.25, -0.2) is 4.79 Å². The molecule has 8 nitrogen and oxygen atoms in total. The van der Waals surface area contributed by atoms with Gasteiger partial charge >= 0.3 is 6.03 Å². The lowest BCUT2D eigenvalue weighted by molar-refractivity contribution is -0.122. The molecule has 3 amide bonds. The van der Waals surface area contributed by atoms with E-state index in [-0.39, 0.29) is 11.9 Å². The highest BCUT2D eigenvalue weighted by atomic mass is 16.5. The second-order valence-corrected chi connectivity index (χ2v) is 6.83. The summed E-state index contributed by atoms with van der Waals surface area (Å²) in [4.78, 5) is 30.6. The molecule has 0 bridgehead atoms. The van der Waals surface area contributed by atoms with Gasteiger partial charge in [0.25, 0.3) is 0 Å². The van der Waals surface area contributed by atoms with Crippen molar-refractivity contribution in [1.82, 2.24) is 19.9 Å². The number of aryl methyl sites for hydroxylation is 1. The Morgan fingerprint density at radius 3 is 2.37 bits per heavy atom. The molecular formula is C19H25N5O3. The molecule has 1 atom stereocenters. The number of hydrogen-bond acceptors (Lipinski definition) is 5. The van der Waals surface area contributed by atoms with Crippen LogP contribution in [0.25, 0.3) is 0 Å². The molecule has 0 saturated carbocycles. The molecule has 0 radical (unpaired) electrons. The molecule has 2 heterocycles. The van der Waals surface area contributed by atoms with Crippen LogP contribution in [0.2, 0.25) is 0 Å². The van der Waals surface area contributed by atoms with E-state index in [0.29, 0.717) is 37.8 Å². The molecule has 2 aromatic rings. The van der Waals surface area contributed by atoms with Crippen molar-refractivity contribution < 1.29 is 14.1 Å². The molecule has 27 heavy (non-hydrogen) atoms. The maximum atomic E-state index is 13.0. The van der Waals surface area contributed by atoms with E-state index in [1.165, 1.54) is 0 Å². The minimum atomic E-state index is -0.459. The Balaban J connectivity index is 1.75. The van der Waals surface area contributed by atoms with Crippen LogP contribution in [0, 0.1) is 6.92 Å². The number of benzene rings is 1. The van der Waals surface area contributed by atoms with Gasteiger partial charge in [-0.2, -0.15) is 0 Å². The SMILES string of the molecule is Cc1cc(NC(=O)C(c2ccccc2)N2CCN(C(=O)N(C)C)CC2)no1. The molecule has 0 spiro atoms. The van der Waals surface area contributed by atoms with Crippen molar-refractivity contribution in [3.05, 3.63) is 47.7 Å². The Hall–Kier alpha value is -2.87. The zero-order chi connectivity index (χ0) is 19.4. The number of carbonyl (C=O) groups is 2. The topological polar surface area (TPSA) is 81.9 Å². The van der Waals surface area contributed by atoms with E-state index < -0.39 is 6.04 Å². The van der Waals surface area contributed by atoms with Crippen molar-refractivity contribution in [3.8, 4) is 0 Å². The number of hydrogen-bond donors (Lipinski definition) is 1. The lowest BCUT2D eigenvalue weighted by Crippen LogP contribution is -2.53. The monoisotopic (exact) mass is 371 g/mol. The Bertz CT molecular complexity index is 782. The van der Waals surface area contributed by atoms with E-state index in [4.69, 9.17) is 4.52 Å². The molecule has 3 rings (SSSR count). The fourth-order valence-corrected chi connectivity index (χ4v) is 3.24. The summed E-state index contributed by atoms with van der Waals surface area (Å²) in [7, 11) is 3.49. The first kappa shape index (κ1) is 18.9. The number of anilines is 1. The molecule has 1 unspecified atom stereocenters. The quantitative estimate of drug-likeness (QED) is 0.888. The summed E-state index contributed by atoms with van der Waals surface area (Å²) >= 11 is 0. The molecule has 1 N–H and O–H groups in total. The lowest BCUT2D eigenvalue weighted by atomic mass is 10.0. The number of rotatable bonds is 4. The third kappa shape index (κ3) is 4.46. The van der Waals surface area contributed by atoms with E-state index in [1.807, 2.05) is 30.3 Å². The van der Waals surface area contributed by atoms with E-state index >= 15 is 0 Å². The summed E-state index contributed by atoms with van der Waals surface area (Å²) in [5.41, 5.74) is 0.905. The molecular weight excluding hydrogens is 346 g/mol. The van der Waals surface area contributed by atoms with Crippen molar-refractivity contribution in [2.45, 2.75) is 13.0 Å². The molecule has 0 aliphatic carbocycles. The lowest BCUT2D eigenvalue weighted by Gasteiger charge is -2.39. The Morgan fingerprint density at radius 2 is 1.81 bits per heavy atom. The van der Waals surface area contributed by atoms with Gasteiger partial charge in [0.2, 0.25) is 5.91 Å². The van der Waals surface area contributed by atoms with Gasteiger partial charge in [-0.1, -0.05) is 35.5 Å². The Morgan fingerprint density at radius 1 is 1.15 bits per heavy atom. The number of urea groups is 1. The number of amides is 3. The summed E-state index contributed by atoms with van der Waals surface area (Å²) < 4.78 is 5.03. The van der Waals surface area contributed by atoms with Crippen LogP contribution in [-0.4, -0.2) is 72.1 Å². The number of aromatic nitrogens is 1. The fraction of sp³-hybridized carbons (Fsp3) is 0.421. The van der Waals surface area contributed by atoms with E-state index in [9.17, 15) is 9.59 Å². The van der Waals surface area contributed by atoms with Gasteiger partial charge in [-0.05, 0) is 12.5 Å². The van der Waals surface area contributed by atoms with Crippen LogP contribution in [0.15, 0.2) is 40.9 Å². The number of piperazine rings is 1. The summed E-state index contributed by atoms with van der Waals surface area (Å²) in [5, 5.41) is 6.68. The van der Waals surface area contributed by atoms with Gasteiger partial charge < -0.3 is 19.6 Å². The summed E-state index contributed by atoms with van der Waals surface area (Å²) in [6.07, 6.45) is 0. The van der Waals surface area contributed by atoms with Gasteiger partial charge in [-0.3, -0.25) is 9.69 Å². The molecule has 1 saturated heterocycles. The Labute approximate surface area is 158 Å². The highest BCUT2D eigenvalue weighted by Gasteiger charge is 2.32. The first-order chi connectivity index (χ1) is 13.0. The van der Waals surface area contributed by atoms with Crippen molar-refractivity contribution in [1.29, 1.82) is 0 Å². The fourth-order valence-electron chi connectivity index (χ4n) is 3.24. The highest BCUT2D eigenvalue weighted by Crippen LogP contribution is 2.24. The van der Waals surface area contributed by atoms with Crippen LogP contribution in [0.3, 0.4) is 0 Å². The maximum Gasteiger partial charge on any atom is 0.319 e. The molecule has 1 aromatic carbocycles. The third-order valence-corrected chi connectivity index (χ3v) is 4.58. The third-order valence-electron chi connectivity index (χ3n) is 4.58. The molecule has 144 valence electrons. The number of carbonyl (C=O) groups excluding carboxylic acids is 2. The van der Waals surface area contributed by atoms with Crippen LogP contribution >= 0.6 is 0 Å². The highest BCUT2D eigenvalue weighted by molar-refractivity contribution is 5.94. The Kier molecular flexibility index (Phi) is 5.75. The minimum Gasteiger partial charge on any atom is -0.360 e. The van der Waals surface area contributed by atoms with Gasteiger partial charge in [0.05, 0.1) is 0 Å². The molecule has 8 heteroatoms. The standard InChI is InChI=1S/C19H25N5O3/c1-14-13-16(21-27-14)20-18(25)17(15-7-5-4-6-8-15)23-9-11-24(12-10-23)19(26)22(2)3/h4-8,13,17H,9-12H2,1-3H3,(H,20,21,25). The summed E-state index contributed by atoms with van der Waals surface area (Å²) in [6.45, 7) is 4.17. The smallest absolute Gasteiger partial charge is 0.319 e. The predicted molar refractivity (Wildman–Crippen MR) is 101 cm³/mol. The second kappa shape index (κ2) is 8.22. The van der Waals surface area contributed by atoms with Crippen molar-refractivity contribution >= 4 is 17.8 Å². The van der Waals surface area contributed by atoms with Crippen LogP contribution in [0.1, 0.15) is 17.4 Å². The average molecular weight is 371 g/mol. The van der Waals surface area contributed by atoms with E-state index in [1.54, 1.807) is 36.9 Å². The van der Waals surface area contributed by atoms with Crippen molar-refractivity contribution in [2.75, 3.05) is 45.6 Å². The summed E-state index contributed by atoms with van der Waals surface area (Å²) in [5.74, 6) is 0.874. The van der Waals surface area contributed by atoms with Crippen LogP contribution in [0.5, 0.6) is 0 Å². The van der Waals surface area contributed by atoms with E-state index in [0.717, 1.165) is 5.56 Å². The molecule has 1 aliphatic rings. The van der Waals surface area contributed by atoms with Crippen LogP contribution in [0.4, 0.5) is 10.6 Å². The first-order valence-corrected chi connectivity index (χ1v) is 8.95. The molecule has 1 aliphatic heterocycles. The van der Waals surface area contributed by atoms with Gasteiger partial charge in [0.1, 0.15) is 11.8 Å². The first-order valence-electron chi connectivity index (χ1n) is 8.95. The van der Waals surface area contributed by atoms with Crippen molar-refractivity contribution in [3.63, 3.8) is 0 Å². The van der Waals surface area contributed by atoms with Crippen LogP contribution < -0.4 is 5.32 Å². The van der Waals surface area contributed by atoms with E-state index in [2.05, 4.69) is 15.4 Å². The molecule has 1 fully saturated rings. The van der Waals surface area contributed by atoms with Crippen LogP contribution in [-0.2, 0) is 4.79 Å². The zero-order valence-corrected chi connectivity index (χ0v) is 15.9. The summed E-state index contributed by atoms with van der Waals surface area (Å²) in [6, 6.07) is 10.9. The second-order valence-electron chi connectivity index (χ2n) is 6.83. The normalized spacial score (nSPS) is 16.0. The van der Waals surface area contributed by atoms with Gasteiger partial charge in [0.15, 0.2) is 5.82 Å². The maximum absolute atomic E-state index is 13.0. The zero-order valence-electron chi connectivity index (χ0n) is 15.9. The number of nitrogens with one attached hydrogen (secondary N) is 1. The average Bonchev–Trinajstić information content (AvgIpc) is 3.07. The van der Waals surface area contributed by atoms with Gasteiger partial charge in [0, 0.05) is 46.3 Å².